The van der Waals surface area contributed by atoms with Gasteiger partial charge in [-0.25, -0.2) is 13.8 Å². The van der Waals surface area contributed by atoms with Gasteiger partial charge in [-0.05, 0) is 49.8 Å². The second-order valence-electron chi connectivity index (χ2n) is 9.63. The zero-order chi connectivity index (χ0) is 25.0. The number of nitrogens with zero attached hydrogens (tertiary/aromatic N) is 5. The van der Waals surface area contributed by atoms with E-state index >= 15 is 0 Å². The number of aliphatic hydroxyl groups excluding tert-OH is 1. The lowest BCUT2D eigenvalue weighted by atomic mass is 9.78. The molecule has 0 saturated heterocycles. The number of aliphatic hydroxyl groups is 1. The molecule has 1 saturated carbocycles. The Labute approximate surface area is 204 Å². The summed E-state index contributed by atoms with van der Waals surface area (Å²) >= 11 is 0. The quantitative estimate of drug-likeness (QED) is 0.354. The number of alkyl halides is 2. The van der Waals surface area contributed by atoms with E-state index in [0.717, 1.165) is 31.2 Å². The largest absolute Gasteiger partial charge is 0.395 e. The van der Waals surface area contributed by atoms with Gasteiger partial charge in [0.1, 0.15) is 5.52 Å². The number of unbranched alkanes of at least 4 members (excludes halogenated alkanes) is 1. The number of nitrogens with one attached hydrogen (secondary N) is 1. The summed E-state index contributed by atoms with van der Waals surface area (Å²) in [5, 5.41) is 17.7. The summed E-state index contributed by atoms with van der Waals surface area (Å²) in [7, 11) is 0. The first-order chi connectivity index (χ1) is 16.8. The van der Waals surface area contributed by atoms with Crippen molar-refractivity contribution in [2.24, 2.45) is 0 Å². The number of benzene rings is 1. The van der Waals surface area contributed by atoms with Crippen LogP contribution in [-0.2, 0) is 13.1 Å². The van der Waals surface area contributed by atoms with Crippen molar-refractivity contribution < 1.29 is 13.9 Å². The van der Waals surface area contributed by atoms with Crippen LogP contribution in [0.5, 0.6) is 0 Å². The first-order valence-electron chi connectivity index (χ1n) is 12.3. The zero-order valence-corrected chi connectivity index (χ0v) is 20.5. The Balaban J connectivity index is 1.60. The van der Waals surface area contributed by atoms with Crippen molar-refractivity contribution in [3.8, 4) is 0 Å². The van der Waals surface area contributed by atoms with Gasteiger partial charge in [-0.15, -0.1) is 0 Å². The number of halogens is 2. The first-order valence-corrected chi connectivity index (χ1v) is 12.3. The highest BCUT2D eigenvalue weighted by Crippen LogP contribution is 2.32. The smallest absolute Gasteiger partial charge is 0.264 e. The summed E-state index contributed by atoms with van der Waals surface area (Å²) in [6, 6.07) is 5.25. The van der Waals surface area contributed by atoms with Gasteiger partial charge in [0.15, 0.2) is 11.3 Å². The van der Waals surface area contributed by atoms with Gasteiger partial charge in [0.25, 0.3) is 6.43 Å². The van der Waals surface area contributed by atoms with Crippen molar-refractivity contribution in [1.82, 2.24) is 25.1 Å². The molecule has 3 aromatic rings. The first kappa shape index (κ1) is 25.2. The molecule has 4 rings (SSSR count). The normalized spacial score (nSPS) is 15.0. The maximum Gasteiger partial charge on any atom is 0.264 e. The Morgan fingerprint density at radius 1 is 1.26 bits per heavy atom. The molecule has 0 bridgehead atoms. The molecule has 0 aliphatic heterocycles. The summed E-state index contributed by atoms with van der Waals surface area (Å²) in [6.45, 7) is 6.06. The fourth-order valence-corrected chi connectivity index (χ4v) is 4.53. The highest BCUT2D eigenvalue weighted by molar-refractivity contribution is 5.86. The Morgan fingerprint density at radius 2 is 2.06 bits per heavy atom. The van der Waals surface area contributed by atoms with Gasteiger partial charge in [0.2, 0.25) is 5.95 Å². The minimum absolute atomic E-state index is 0.0123. The van der Waals surface area contributed by atoms with Crippen LogP contribution in [0.15, 0.2) is 24.4 Å². The predicted octanol–water partition coefficient (Wildman–Crippen LogP) is 4.03. The van der Waals surface area contributed by atoms with E-state index in [2.05, 4.69) is 34.2 Å². The Hall–Kier alpha value is -2.85. The van der Waals surface area contributed by atoms with Gasteiger partial charge < -0.3 is 21.1 Å². The minimum atomic E-state index is -2.59. The van der Waals surface area contributed by atoms with Gasteiger partial charge in [-0.2, -0.15) is 10.1 Å². The molecule has 0 amide bonds. The van der Waals surface area contributed by atoms with Crippen molar-refractivity contribution in [1.29, 1.82) is 0 Å². The van der Waals surface area contributed by atoms with Crippen LogP contribution in [0.25, 0.3) is 11.0 Å². The second-order valence-corrected chi connectivity index (χ2v) is 9.63. The van der Waals surface area contributed by atoms with Crippen molar-refractivity contribution in [3.63, 3.8) is 0 Å². The molecule has 0 spiro atoms. The molecule has 10 heteroatoms. The van der Waals surface area contributed by atoms with E-state index in [1.807, 2.05) is 11.0 Å². The lowest BCUT2D eigenvalue weighted by Gasteiger charge is -2.39. The molecule has 0 unspecified atom stereocenters. The van der Waals surface area contributed by atoms with Crippen LogP contribution in [0, 0.1) is 0 Å². The van der Waals surface area contributed by atoms with Crippen LogP contribution < -0.4 is 16.0 Å². The fraction of sp³-hybridized carbons (Fsp3) is 0.560. The SMILES string of the molecule is CCCCN(CCO)c1nc(N)nc2cn(Cc3ccc(CNC4(C)CCC4)cc3C(F)F)nc12. The minimum Gasteiger partial charge on any atom is -0.395 e. The predicted molar refractivity (Wildman–Crippen MR) is 134 cm³/mol. The molecule has 8 nitrogen and oxygen atoms in total. The molecule has 1 aliphatic rings. The number of fused-ring (bicyclic) bond motifs is 1. The lowest BCUT2D eigenvalue weighted by Crippen LogP contribution is -2.47. The maximum absolute atomic E-state index is 14.0. The van der Waals surface area contributed by atoms with Crippen LogP contribution in [0.1, 0.15) is 69.1 Å². The van der Waals surface area contributed by atoms with Crippen LogP contribution in [0.4, 0.5) is 20.5 Å². The van der Waals surface area contributed by atoms with Crippen LogP contribution in [-0.4, -0.2) is 50.1 Å². The van der Waals surface area contributed by atoms with E-state index < -0.39 is 6.43 Å². The number of nitrogens with two attached hydrogens (primary N) is 1. The maximum atomic E-state index is 14.0. The molecule has 0 atom stereocenters. The summed E-state index contributed by atoms with van der Waals surface area (Å²) in [4.78, 5) is 10.6. The molecule has 4 N–H and O–H groups in total. The highest BCUT2D eigenvalue weighted by atomic mass is 19.3. The standard InChI is InChI=1S/C25H35F2N7O/c1-3-4-10-33(11-12-35)23-21-20(30-24(28)31-23)16-34(32-21)15-18-7-6-17(13-19(18)22(26)27)14-29-25(2)8-5-9-25/h6-7,13,16,22,29,35H,3-5,8-12,14-15H2,1-2H3,(H2,28,30). The Morgan fingerprint density at radius 3 is 2.71 bits per heavy atom. The number of rotatable bonds is 12. The fourth-order valence-electron chi connectivity index (χ4n) is 4.53. The summed E-state index contributed by atoms with van der Waals surface area (Å²) in [5.41, 5.74) is 8.51. The number of aromatic nitrogens is 4. The molecule has 2 aromatic heterocycles. The van der Waals surface area contributed by atoms with Gasteiger partial charge in [0, 0.05) is 30.7 Å². The van der Waals surface area contributed by atoms with Crippen molar-refractivity contribution >= 4 is 22.8 Å². The van der Waals surface area contributed by atoms with Gasteiger partial charge >= 0.3 is 0 Å². The van der Waals surface area contributed by atoms with Gasteiger partial charge in [0.05, 0.1) is 19.3 Å². The summed E-state index contributed by atoms with van der Waals surface area (Å²) < 4.78 is 29.6. The topological polar surface area (TPSA) is 105 Å². The van der Waals surface area contributed by atoms with Gasteiger partial charge in [-0.3, -0.25) is 4.68 Å². The van der Waals surface area contributed by atoms with Crippen molar-refractivity contribution in [3.05, 3.63) is 41.1 Å². The Bertz CT molecular complexity index is 1150. The molecule has 1 aromatic carbocycles. The van der Waals surface area contributed by atoms with E-state index in [1.54, 1.807) is 23.0 Å². The Kier molecular flexibility index (Phi) is 7.81. The number of anilines is 2. The molecule has 0 radical (unpaired) electrons. The number of nitrogen functional groups attached to an aromatic ring is 1. The van der Waals surface area contributed by atoms with Crippen LogP contribution in [0.3, 0.4) is 0 Å². The van der Waals surface area contributed by atoms with Crippen LogP contribution in [0.2, 0.25) is 0 Å². The molecular weight excluding hydrogens is 452 g/mol. The molecule has 35 heavy (non-hydrogen) atoms. The molecule has 2 heterocycles. The molecule has 190 valence electrons. The molecular formula is C25H35F2N7O. The highest BCUT2D eigenvalue weighted by Gasteiger charge is 2.30. The monoisotopic (exact) mass is 487 g/mol. The lowest BCUT2D eigenvalue weighted by molar-refractivity contribution is 0.150. The molecule has 1 fully saturated rings. The van der Waals surface area contributed by atoms with Gasteiger partial charge in [-0.1, -0.05) is 25.5 Å². The van der Waals surface area contributed by atoms with Crippen LogP contribution >= 0.6 is 0 Å². The van der Waals surface area contributed by atoms with E-state index in [0.29, 0.717) is 42.0 Å². The third-order valence-electron chi connectivity index (χ3n) is 6.81. The number of hydrogen-bond donors (Lipinski definition) is 3. The summed E-state index contributed by atoms with van der Waals surface area (Å²) in [6.07, 6.45) is 4.46. The average Bonchev–Trinajstić information content (AvgIpc) is 3.21. The summed E-state index contributed by atoms with van der Waals surface area (Å²) in [5.74, 6) is 0.658. The van der Waals surface area contributed by atoms with E-state index in [4.69, 9.17) is 5.73 Å². The van der Waals surface area contributed by atoms with E-state index in [9.17, 15) is 13.9 Å². The third-order valence-corrected chi connectivity index (χ3v) is 6.81. The van der Waals surface area contributed by atoms with E-state index in [1.165, 1.54) is 6.42 Å². The zero-order valence-electron chi connectivity index (χ0n) is 20.5. The van der Waals surface area contributed by atoms with E-state index in [-0.39, 0.29) is 30.2 Å². The third kappa shape index (κ3) is 5.87. The van der Waals surface area contributed by atoms with Crippen molar-refractivity contribution in [2.75, 3.05) is 30.3 Å². The second kappa shape index (κ2) is 10.8. The molecule has 1 aliphatic carbocycles. The van der Waals surface area contributed by atoms with Crippen molar-refractivity contribution in [2.45, 2.75) is 71.0 Å². The average molecular weight is 488 g/mol. The number of hydrogen-bond acceptors (Lipinski definition) is 7.